The average Bonchev–Trinajstić information content (AvgIpc) is 3.13. The fourth-order valence-corrected chi connectivity index (χ4v) is 3.20. The molecule has 2 N–H and O–H groups in total. The fourth-order valence-electron chi connectivity index (χ4n) is 3.20. The number of nitrogens with one attached hydrogen (secondary N) is 2. The second-order valence-corrected chi connectivity index (χ2v) is 7.62. The van der Waals surface area contributed by atoms with Crippen LogP contribution in [-0.4, -0.2) is 36.0 Å². The van der Waals surface area contributed by atoms with Crippen LogP contribution >= 0.6 is 0 Å². The lowest BCUT2D eigenvalue weighted by Gasteiger charge is -2.23. The molecule has 1 aromatic carbocycles. The summed E-state index contributed by atoms with van der Waals surface area (Å²) >= 11 is 0. The van der Waals surface area contributed by atoms with Crippen LogP contribution in [0.5, 0.6) is 0 Å². The number of hydrogen-bond donors (Lipinski definition) is 2. The first kappa shape index (κ1) is 21.4. The van der Waals surface area contributed by atoms with Gasteiger partial charge in [-0.1, -0.05) is 31.5 Å². The van der Waals surface area contributed by atoms with Crippen molar-refractivity contribution in [3.05, 3.63) is 35.4 Å². The Morgan fingerprint density at radius 1 is 1.18 bits per heavy atom. The summed E-state index contributed by atoms with van der Waals surface area (Å²) in [4.78, 5) is 36.9. The highest BCUT2D eigenvalue weighted by Crippen LogP contribution is 2.28. The second kappa shape index (κ2) is 9.36. The zero-order chi connectivity index (χ0) is 20.7. The summed E-state index contributed by atoms with van der Waals surface area (Å²) in [5.74, 6) is -1.79. The molecule has 1 aliphatic carbocycles. The number of nitrogens with zero attached hydrogens (tertiary/aromatic N) is 1. The van der Waals surface area contributed by atoms with Crippen LogP contribution in [0, 0.1) is 24.2 Å². The van der Waals surface area contributed by atoms with Crippen LogP contribution in [0.15, 0.2) is 24.3 Å². The topological polar surface area (TPSA) is 108 Å². The Hall–Kier alpha value is -2.88. The molecule has 0 saturated heterocycles. The number of benzene rings is 1. The van der Waals surface area contributed by atoms with E-state index in [1.165, 1.54) is 0 Å². The van der Waals surface area contributed by atoms with Crippen molar-refractivity contribution in [2.24, 2.45) is 5.92 Å². The number of hydrogen-bond acceptors (Lipinski definition) is 5. The third-order valence-electron chi connectivity index (χ3n) is 4.92. The Morgan fingerprint density at radius 2 is 1.79 bits per heavy atom. The average molecular weight is 385 g/mol. The van der Waals surface area contributed by atoms with Gasteiger partial charge in [0.25, 0.3) is 11.8 Å². The van der Waals surface area contributed by atoms with Gasteiger partial charge in [0.05, 0.1) is 6.07 Å². The first-order valence-electron chi connectivity index (χ1n) is 9.53. The molecule has 0 bridgehead atoms. The minimum Gasteiger partial charge on any atom is -0.454 e. The lowest BCUT2D eigenvalue weighted by atomic mass is 10.00. The SMILES string of the molecule is Cc1ccc(C(=O)NC(C(=O)OCC(=O)NC2(C#N)CCCC2)C(C)C)cc1. The van der Waals surface area contributed by atoms with Gasteiger partial charge in [-0.15, -0.1) is 0 Å². The smallest absolute Gasteiger partial charge is 0.329 e. The third kappa shape index (κ3) is 5.56. The molecule has 1 unspecified atom stereocenters. The van der Waals surface area contributed by atoms with Gasteiger partial charge in [0.1, 0.15) is 11.6 Å². The van der Waals surface area contributed by atoms with Gasteiger partial charge in [0.2, 0.25) is 0 Å². The highest BCUT2D eigenvalue weighted by Gasteiger charge is 2.36. The molecule has 0 aliphatic heterocycles. The van der Waals surface area contributed by atoms with Gasteiger partial charge in [0.15, 0.2) is 6.61 Å². The molecule has 1 saturated carbocycles. The van der Waals surface area contributed by atoms with Gasteiger partial charge in [-0.3, -0.25) is 9.59 Å². The third-order valence-corrected chi connectivity index (χ3v) is 4.92. The first-order valence-corrected chi connectivity index (χ1v) is 9.53. The maximum absolute atomic E-state index is 12.4. The zero-order valence-corrected chi connectivity index (χ0v) is 16.6. The molecule has 1 aliphatic rings. The summed E-state index contributed by atoms with van der Waals surface area (Å²) in [5.41, 5.74) is 0.611. The van der Waals surface area contributed by atoms with Crippen LogP contribution in [0.2, 0.25) is 0 Å². The van der Waals surface area contributed by atoms with E-state index in [0.29, 0.717) is 18.4 Å². The molecule has 150 valence electrons. The standard InChI is InChI=1S/C21H27N3O4/c1-14(2)18(23-19(26)16-8-6-15(3)7-9-16)20(27)28-12-17(25)24-21(13-22)10-4-5-11-21/h6-9,14,18H,4-5,10-12H2,1-3H3,(H,23,26)(H,24,25). The molecule has 7 nitrogen and oxygen atoms in total. The monoisotopic (exact) mass is 385 g/mol. The Bertz CT molecular complexity index is 759. The van der Waals surface area contributed by atoms with Gasteiger partial charge < -0.3 is 15.4 Å². The van der Waals surface area contributed by atoms with Crippen LogP contribution in [0.25, 0.3) is 0 Å². The maximum Gasteiger partial charge on any atom is 0.329 e. The van der Waals surface area contributed by atoms with Gasteiger partial charge in [-0.2, -0.15) is 5.26 Å². The van der Waals surface area contributed by atoms with Crippen molar-refractivity contribution in [3.63, 3.8) is 0 Å². The number of carbonyl (C=O) groups excluding carboxylic acids is 3. The van der Waals surface area contributed by atoms with E-state index in [9.17, 15) is 19.6 Å². The number of amides is 2. The molecule has 28 heavy (non-hydrogen) atoms. The molecule has 1 atom stereocenters. The quantitative estimate of drug-likeness (QED) is 0.700. The number of rotatable bonds is 7. The summed E-state index contributed by atoms with van der Waals surface area (Å²) in [7, 11) is 0. The van der Waals surface area contributed by atoms with Crippen LogP contribution < -0.4 is 10.6 Å². The predicted molar refractivity (Wildman–Crippen MR) is 103 cm³/mol. The molecule has 7 heteroatoms. The van der Waals surface area contributed by atoms with Crippen LogP contribution in [0.3, 0.4) is 0 Å². The maximum atomic E-state index is 12.4. The number of aryl methyl sites for hydroxylation is 1. The Kier molecular flexibility index (Phi) is 7.16. The summed E-state index contributed by atoms with van der Waals surface area (Å²) in [5, 5.41) is 14.7. The van der Waals surface area contributed by atoms with Gasteiger partial charge in [0, 0.05) is 5.56 Å². The molecule has 2 amide bonds. The predicted octanol–water partition coefficient (Wildman–Crippen LogP) is 2.25. The number of esters is 1. The minimum atomic E-state index is -0.877. The summed E-state index contributed by atoms with van der Waals surface area (Å²) in [6, 6.07) is 8.28. The van der Waals surface area contributed by atoms with E-state index in [1.54, 1.807) is 26.0 Å². The van der Waals surface area contributed by atoms with E-state index < -0.39 is 30.1 Å². The van der Waals surface area contributed by atoms with E-state index in [-0.39, 0.29) is 11.8 Å². The largest absolute Gasteiger partial charge is 0.454 e. The molecule has 1 fully saturated rings. The van der Waals surface area contributed by atoms with E-state index >= 15 is 0 Å². The molecule has 0 radical (unpaired) electrons. The van der Waals surface area contributed by atoms with Crippen molar-refractivity contribution in [1.29, 1.82) is 5.26 Å². The van der Waals surface area contributed by atoms with Gasteiger partial charge >= 0.3 is 5.97 Å². The highest BCUT2D eigenvalue weighted by molar-refractivity contribution is 5.97. The summed E-state index contributed by atoms with van der Waals surface area (Å²) in [6.07, 6.45) is 2.97. The highest BCUT2D eigenvalue weighted by atomic mass is 16.5. The molecule has 1 aromatic rings. The van der Waals surface area contributed by atoms with Crippen molar-refractivity contribution in [2.75, 3.05) is 6.61 Å². The van der Waals surface area contributed by atoms with Crippen molar-refractivity contribution in [1.82, 2.24) is 10.6 Å². The van der Waals surface area contributed by atoms with Crippen LogP contribution in [0.1, 0.15) is 55.5 Å². The molecule has 0 spiro atoms. The first-order chi connectivity index (χ1) is 13.3. The van der Waals surface area contributed by atoms with Crippen molar-refractivity contribution < 1.29 is 19.1 Å². The Morgan fingerprint density at radius 3 is 2.32 bits per heavy atom. The van der Waals surface area contributed by atoms with E-state index in [0.717, 1.165) is 18.4 Å². The van der Waals surface area contributed by atoms with Crippen molar-refractivity contribution >= 4 is 17.8 Å². The fraction of sp³-hybridized carbons (Fsp3) is 0.524. The minimum absolute atomic E-state index is 0.217. The van der Waals surface area contributed by atoms with E-state index in [1.807, 2.05) is 19.1 Å². The lowest BCUT2D eigenvalue weighted by Crippen LogP contribution is -2.49. The Balaban J connectivity index is 1.91. The van der Waals surface area contributed by atoms with Gasteiger partial charge in [-0.05, 0) is 50.7 Å². The summed E-state index contributed by atoms with van der Waals surface area (Å²) in [6.45, 7) is 5.00. The molecule has 2 rings (SSSR count). The molecular formula is C21H27N3O4. The molecular weight excluding hydrogens is 358 g/mol. The normalized spacial score (nSPS) is 16.1. The lowest BCUT2D eigenvalue weighted by molar-refractivity contribution is -0.151. The molecule has 0 heterocycles. The van der Waals surface area contributed by atoms with Crippen molar-refractivity contribution in [2.45, 2.75) is 58.0 Å². The van der Waals surface area contributed by atoms with Gasteiger partial charge in [-0.25, -0.2) is 4.79 Å². The number of nitriles is 1. The number of ether oxygens (including phenoxy) is 1. The van der Waals surface area contributed by atoms with Crippen molar-refractivity contribution in [3.8, 4) is 6.07 Å². The second-order valence-electron chi connectivity index (χ2n) is 7.62. The van der Waals surface area contributed by atoms with Crippen LogP contribution in [-0.2, 0) is 14.3 Å². The molecule has 0 aromatic heterocycles. The summed E-state index contributed by atoms with van der Waals surface area (Å²) < 4.78 is 5.11. The van der Waals surface area contributed by atoms with Crippen LogP contribution in [0.4, 0.5) is 0 Å². The zero-order valence-electron chi connectivity index (χ0n) is 16.6. The Labute approximate surface area is 165 Å². The van der Waals surface area contributed by atoms with E-state index in [4.69, 9.17) is 4.74 Å². The van der Waals surface area contributed by atoms with E-state index in [2.05, 4.69) is 16.7 Å². The number of carbonyl (C=O) groups is 3.